The average Bonchev–Trinajstić information content (AvgIpc) is 3.58. The lowest BCUT2D eigenvalue weighted by atomic mass is 9.74. The van der Waals surface area contributed by atoms with Crippen molar-refractivity contribution in [1.29, 1.82) is 0 Å². The Bertz CT molecular complexity index is 1300. The number of methoxy groups -OCH3 is 1. The van der Waals surface area contributed by atoms with Crippen LogP contribution in [0.1, 0.15) is 38.2 Å². The number of ether oxygens (including phenoxy) is 2. The number of likely N-dealkylation sites (tertiary alicyclic amines) is 1. The van der Waals surface area contributed by atoms with Crippen LogP contribution in [0.3, 0.4) is 0 Å². The predicted octanol–water partition coefficient (Wildman–Crippen LogP) is 3.68. The number of hydrogen-bond acceptors (Lipinski definition) is 5. The van der Waals surface area contributed by atoms with Crippen molar-refractivity contribution < 1.29 is 23.9 Å². The second-order valence-corrected chi connectivity index (χ2v) is 11.3. The van der Waals surface area contributed by atoms with Crippen LogP contribution in [0.4, 0.5) is 5.69 Å². The molecule has 8 nitrogen and oxygen atoms in total. The molecule has 4 aliphatic rings. The molecule has 1 spiro atoms. The quantitative estimate of drug-likeness (QED) is 0.534. The van der Waals surface area contributed by atoms with E-state index < -0.39 is 29.6 Å². The van der Waals surface area contributed by atoms with Gasteiger partial charge in [0.25, 0.3) is 0 Å². The zero-order valence-electron chi connectivity index (χ0n) is 22.3. The molecule has 8 heteroatoms. The first kappa shape index (κ1) is 25.6. The fourth-order valence-electron chi connectivity index (χ4n) is 6.94. The molecule has 2 aromatic carbocycles. The molecule has 2 aromatic rings. The smallest absolute Gasteiger partial charge is 0.246 e. The average molecular weight is 530 g/mol. The molecule has 2 bridgehead atoms. The maximum atomic E-state index is 14.1. The normalized spacial score (nSPS) is 32.7. The van der Waals surface area contributed by atoms with E-state index in [1.807, 2.05) is 42.5 Å². The van der Waals surface area contributed by atoms with E-state index in [0.717, 1.165) is 24.8 Å². The zero-order valence-corrected chi connectivity index (χ0v) is 22.3. The van der Waals surface area contributed by atoms with Crippen LogP contribution in [0.2, 0.25) is 0 Å². The lowest BCUT2D eigenvalue weighted by Gasteiger charge is -2.36. The number of hydrogen-bond donors (Lipinski definition) is 2. The Balaban J connectivity index is 1.32. The van der Waals surface area contributed by atoms with Crippen LogP contribution in [0.25, 0.3) is 0 Å². The molecule has 3 amide bonds. The molecule has 204 valence electrons. The van der Waals surface area contributed by atoms with Gasteiger partial charge in [-0.2, -0.15) is 0 Å². The maximum Gasteiger partial charge on any atom is 0.246 e. The molecule has 6 rings (SSSR count). The minimum atomic E-state index is -1.19. The van der Waals surface area contributed by atoms with Gasteiger partial charge < -0.3 is 25.0 Å². The van der Waals surface area contributed by atoms with Crippen molar-refractivity contribution in [2.45, 2.75) is 62.9 Å². The third-order valence-electron chi connectivity index (χ3n) is 8.90. The Labute approximate surface area is 228 Å². The minimum absolute atomic E-state index is 0.0603. The Morgan fingerprint density at radius 1 is 1.08 bits per heavy atom. The van der Waals surface area contributed by atoms with Crippen LogP contribution < -0.4 is 15.4 Å². The summed E-state index contributed by atoms with van der Waals surface area (Å²) < 4.78 is 11.8. The van der Waals surface area contributed by atoms with Crippen LogP contribution in [-0.4, -0.2) is 53.5 Å². The Hall–Kier alpha value is -3.65. The largest absolute Gasteiger partial charge is 0.497 e. The predicted molar refractivity (Wildman–Crippen MR) is 146 cm³/mol. The van der Waals surface area contributed by atoms with Gasteiger partial charge in [0.15, 0.2) is 0 Å². The Morgan fingerprint density at radius 2 is 1.87 bits per heavy atom. The van der Waals surface area contributed by atoms with Gasteiger partial charge in [-0.25, -0.2) is 0 Å². The second-order valence-electron chi connectivity index (χ2n) is 11.3. The summed E-state index contributed by atoms with van der Waals surface area (Å²) in [7, 11) is 1.57. The molecule has 0 aromatic heterocycles. The van der Waals surface area contributed by atoms with Gasteiger partial charge >= 0.3 is 0 Å². The summed E-state index contributed by atoms with van der Waals surface area (Å²) >= 11 is 0. The van der Waals surface area contributed by atoms with Crippen LogP contribution in [0.5, 0.6) is 5.75 Å². The molecule has 2 saturated heterocycles. The van der Waals surface area contributed by atoms with Crippen molar-refractivity contribution in [2.24, 2.45) is 17.8 Å². The highest BCUT2D eigenvalue weighted by Crippen LogP contribution is 2.55. The first-order valence-electron chi connectivity index (χ1n) is 13.9. The molecule has 0 radical (unpaired) electrons. The van der Waals surface area contributed by atoms with Crippen LogP contribution in [0, 0.1) is 17.8 Å². The fourth-order valence-corrected chi connectivity index (χ4v) is 6.94. The van der Waals surface area contributed by atoms with Gasteiger partial charge in [-0.3, -0.25) is 14.4 Å². The van der Waals surface area contributed by atoms with E-state index >= 15 is 0 Å². The molecule has 2 N–H and O–H groups in total. The van der Waals surface area contributed by atoms with Crippen molar-refractivity contribution in [3.63, 3.8) is 0 Å². The molecule has 1 aliphatic carbocycles. The molecular weight excluding hydrogens is 494 g/mol. The van der Waals surface area contributed by atoms with Crippen molar-refractivity contribution in [1.82, 2.24) is 10.2 Å². The summed E-state index contributed by atoms with van der Waals surface area (Å²) in [5, 5.41) is 6.22. The number of amides is 3. The molecule has 7 unspecified atom stereocenters. The van der Waals surface area contributed by atoms with E-state index in [0.29, 0.717) is 17.4 Å². The summed E-state index contributed by atoms with van der Waals surface area (Å²) in [5.41, 5.74) is 0.309. The standard InChI is InChI=1S/C31H35N3O5/c1-19-9-6-7-14-23(19)33-29(36)27-31-16-15-24(39-31)25(28(35)32-21-12-8-13-22(17-21)38-2)26(31)30(37)34(27)18-20-10-4-3-5-11-20/h3-5,8,10-13,15-17,19,23-27H,6-7,9,14,18H2,1-2H3,(H,32,35)(H,33,36). The number of nitrogens with zero attached hydrogens (tertiary/aromatic N) is 1. The maximum absolute atomic E-state index is 14.1. The highest BCUT2D eigenvalue weighted by Gasteiger charge is 2.72. The highest BCUT2D eigenvalue weighted by molar-refractivity contribution is 6.02. The van der Waals surface area contributed by atoms with Gasteiger partial charge in [0.1, 0.15) is 17.4 Å². The Kier molecular flexibility index (Phi) is 6.67. The molecule has 39 heavy (non-hydrogen) atoms. The van der Waals surface area contributed by atoms with Crippen LogP contribution >= 0.6 is 0 Å². The number of fused-ring (bicyclic) bond motifs is 1. The van der Waals surface area contributed by atoms with E-state index in [9.17, 15) is 14.4 Å². The summed E-state index contributed by atoms with van der Waals surface area (Å²) in [6.07, 6.45) is 7.36. The van der Waals surface area contributed by atoms with Crippen LogP contribution in [-0.2, 0) is 25.7 Å². The lowest BCUT2D eigenvalue weighted by molar-refractivity contribution is -0.142. The number of anilines is 1. The van der Waals surface area contributed by atoms with E-state index in [4.69, 9.17) is 9.47 Å². The van der Waals surface area contributed by atoms with Crippen molar-refractivity contribution in [3.8, 4) is 5.75 Å². The van der Waals surface area contributed by atoms with Gasteiger partial charge in [-0.05, 0) is 36.5 Å². The molecule has 3 heterocycles. The number of nitrogens with one attached hydrogen (secondary N) is 2. The second kappa shape index (κ2) is 10.2. The minimum Gasteiger partial charge on any atom is -0.497 e. The third kappa shape index (κ3) is 4.40. The summed E-state index contributed by atoms with van der Waals surface area (Å²) in [6.45, 7) is 2.44. The molecule has 3 fully saturated rings. The summed E-state index contributed by atoms with van der Waals surface area (Å²) in [4.78, 5) is 43.5. The van der Waals surface area contributed by atoms with Crippen molar-refractivity contribution in [3.05, 3.63) is 72.3 Å². The highest BCUT2D eigenvalue weighted by atomic mass is 16.5. The topological polar surface area (TPSA) is 97.0 Å². The van der Waals surface area contributed by atoms with Gasteiger partial charge in [-0.15, -0.1) is 0 Å². The third-order valence-corrected chi connectivity index (χ3v) is 8.90. The Morgan fingerprint density at radius 3 is 2.64 bits per heavy atom. The van der Waals surface area contributed by atoms with E-state index in [1.54, 1.807) is 36.3 Å². The molecule has 1 saturated carbocycles. The molecular formula is C31H35N3O5. The zero-order chi connectivity index (χ0) is 27.1. The summed E-state index contributed by atoms with van der Waals surface area (Å²) in [5.74, 6) is -1.30. The molecule has 3 aliphatic heterocycles. The lowest BCUT2D eigenvalue weighted by Crippen LogP contribution is -2.57. The number of carbonyl (C=O) groups is 3. The van der Waals surface area contributed by atoms with Crippen molar-refractivity contribution >= 4 is 23.4 Å². The van der Waals surface area contributed by atoms with Gasteiger partial charge in [0, 0.05) is 24.3 Å². The monoisotopic (exact) mass is 529 g/mol. The summed E-state index contributed by atoms with van der Waals surface area (Å²) in [6, 6.07) is 15.9. The van der Waals surface area contributed by atoms with Gasteiger partial charge in [0.05, 0.1) is 25.0 Å². The number of benzene rings is 2. The number of carbonyl (C=O) groups excluding carboxylic acids is 3. The first-order chi connectivity index (χ1) is 18.9. The van der Waals surface area contributed by atoms with E-state index in [2.05, 4.69) is 17.6 Å². The van der Waals surface area contributed by atoms with Crippen molar-refractivity contribution in [2.75, 3.05) is 12.4 Å². The van der Waals surface area contributed by atoms with Gasteiger partial charge in [-0.1, -0.05) is 68.3 Å². The van der Waals surface area contributed by atoms with Gasteiger partial charge in [0.2, 0.25) is 17.7 Å². The first-order valence-corrected chi connectivity index (χ1v) is 13.9. The van der Waals surface area contributed by atoms with Crippen LogP contribution in [0.15, 0.2) is 66.7 Å². The van der Waals surface area contributed by atoms with E-state index in [1.165, 1.54) is 6.42 Å². The fraction of sp³-hybridized carbons (Fsp3) is 0.452. The van der Waals surface area contributed by atoms with E-state index in [-0.39, 0.29) is 30.3 Å². The number of rotatable bonds is 7. The molecule has 7 atom stereocenters. The SMILES string of the molecule is COc1cccc(NC(=O)C2C3C=CC4(O3)C2C(=O)N(Cc2ccccc2)C4C(=O)NC2CCCCC2C)c1.